The molecule has 23 heavy (non-hydrogen) atoms. The average Bonchev–Trinajstić information content (AvgIpc) is 3.05. The second kappa shape index (κ2) is 5.33. The van der Waals surface area contributed by atoms with Crippen LogP contribution in [0.25, 0.3) is 32.1 Å². The monoisotopic (exact) mass is 319 g/mol. The number of H-pyrrole nitrogens is 1. The lowest BCUT2D eigenvalue weighted by atomic mass is 9.97. The number of aromatic nitrogens is 1. The van der Waals surface area contributed by atoms with Crippen molar-refractivity contribution in [1.82, 2.24) is 4.98 Å². The zero-order valence-corrected chi connectivity index (χ0v) is 13.4. The predicted octanol–water partition coefficient (Wildman–Crippen LogP) is 4.23. The van der Waals surface area contributed by atoms with Gasteiger partial charge in [-0.05, 0) is 47.2 Å². The normalized spacial score (nSPS) is 12.8. The molecule has 4 heteroatoms. The Labute approximate surface area is 137 Å². The molecule has 0 spiro atoms. The molecular weight excluding hydrogens is 304 g/mol. The summed E-state index contributed by atoms with van der Waals surface area (Å²) in [5.41, 5.74) is 9.90. The number of hydrogen-bond donors (Lipinski definition) is 2. The van der Waals surface area contributed by atoms with Gasteiger partial charge in [0.15, 0.2) is 0 Å². The Hall–Kier alpha value is -2.43. The minimum atomic E-state index is -0.0352. The lowest BCUT2D eigenvalue weighted by Crippen LogP contribution is -2.05. The fourth-order valence-electron chi connectivity index (χ4n) is 2.92. The summed E-state index contributed by atoms with van der Waals surface area (Å²) in [4.78, 5) is 15.1. The van der Waals surface area contributed by atoms with Crippen LogP contribution >= 0.6 is 11.3 Å². The maximum absolute atomic E-state index is 12.2. The Balaban J connectivity index is 2.03. The number of pyridine rings is 1. The molecule has 1 atom stereocenters. The summed E-state index contributed by atoms with van der Waals surface area (Å²) in [6, 6.07) is 17.3. The highest BCUT2D eigenvalue weighted by molar-refractivity contribution is 7.17. The first-order valence-electron chi connectivity index (χ1n) is 7.45. The first-order valence-corrected chi connectivity index (χ1v) is 8.33. The van der Waals surface area contributed by atoms with E-state index in [0.29, 0.717) is 0 Å². The van der Waals surface area contributed by atoms with E-state index in [0.717, 1.165) is 37.7 Å². The first-order chi connectivity index (χ1) is 11.1. The molecule has 3 N–H and O–H groups in total. The van der Waals surface area contributed by atoms with Crippen molar-refractivity contribution in [2.24, 2.45) is 5.73 Å². The number of nitrogens with two attached hydrogens (primary N) is 1. The van der Waals surface area contributed by atoms with E-state index < -0.39 is 0 Å². The first kappa shape index (κ1) is 14.2. The molecular formula is C19H15N2OS. The number of benzene rings is 2. The zero-order chi connectivity index (χ0) is 16.0. The van der Waals surface area contributed by atoms with E-state index in [1.54, 1.807) is 0 Å². The molecule has 0 fully saturated rings. The third-order valence-electron chi connectivity index (χ3n) is 4.11. The van der Waals surface area contributed by atoms with Gasteiger partial charge in [0.05, 0.1) is 0 Å². The van der Waals surface area contributed by atoms with Gasteiger partial charge in [-0.15, -0.1) is 11.3 Å². The Morgan fingerprint density at radius 1 is 1.17 bits per heavy atom. The van der Waals surface area contributed by atoms with Gasteiger partial charge >= 0.3 is 0 Å². The Morgan fingerprint density at radius 2 is 1.96 bits per heavy atom. The van der Waals surface area contributed by atoms with Gasteiger partial charge in [0.1, 0.15) is 4.70 Å². The van der Waals surface area contributed by atoms with Gasteiger partial charge in [0.2, 0.25) is 0 Å². The summed E-state index contributed by atoms with van der Waals surface area (Å²) in [6.07, 6.45) is 0. The molecule has 2 aromatic heterocycles. The van der Waals surface area contributed by atoms with Crippen LogP contribution in [0.15, 0.2) is 52.6 Å². The molecule has 4 rings (SSSR count). The maximum Gasteiger partial charge on any atom is 0.266 e. The minimum Gasteiger partial charge on any atom is -0.324 e. The molecule has 0 bridgehead atoms. The molecule has 113 valence electrons. The number of aromatic amines is 1. The summed E-state index contributed by atoms with van der Waals surface area (Å²) < 4.78 is 0.755. The quantitative estimate of drug-likeness (QED) is 0.581. The van der Waals surface area contributed by atoms with Crippen LogP contribution in [-0.4, -0.2) is 4.98 Å². The highest BCUT2D eigenvalue weighted by atomic mass is 32.1. The topological polar surface area (TPSA) is 58.9 Å². The van der Waals surface area contributed by atoms with Crippen molar-refractivity contribution < 1.29 is 0 Å². The van der Waals surface area contributed by atoms with E-state index in [1.807, 2.05) is 42.6 Å². The van der Waals surface area contributed by atoms with Gasteiger partial charge in [0.25, 0.3) is 5.56 Å². The zero-order valence-electron chi connectivity index (χ0n) is 12.6. The molecule has 1 radical (unpaired) electrons. The van der Waals surface area contributed by atoms with Gasteiger partial charge in [-0.25, -0.2) is 0 Å². The number of fused-ring (bicyclic) bond motifs is 3. The second-order valence-corrected chi connectivity index (χ2v) is 6.59. The smallest absolute Gasteiger partial charge is 0.266 e. The Kier molecular flexibility index (Phi) is 3.29. The van der Waals surface area contributed by atoms with Crippen LogP contribution in [0.5, 0.6) is 0 Å². The minimum absolute atomic E-state index is 0.0143. The third-order valence-corrected chi connectivity index (χ3v) is 5.02. The van der Waals surface area contributed by atoms with Crippen LogP contribution in [0.2, 0.25) is 0 Å². The van der Waals surface area contributed by atoms with Gasteiger partial charge in [-0.3, -0.25) is 4.79 Å². The molecule has 3 nitrogen and oxygen atoms in total. The lowest BCUT2D eigenvalue weighted by molar-refractivity contribution is 0.818. The van der Waals surface area contributed by atoms with E-state index in [9.17, 15) is 4.79 Å². The van der Waals surface area contributed by atoms with E-state index in [1.165, 1.54) is 11.3 Å². The van der Waals surface area contributed by atoms with Crippen molar-refractivity contribution in [1.29, 1.82) is 0 Å². The maximum atomic E-state index is 12.2. The van der Waals surface area contributed by atoms with Crippen LogP contribution in [0.4, 0.5) is 0 Å². The third kappa shape index (κ3) is 2.27. The fourth-order valence-corrected chi connectivity index (χ4v) is 3.72. The summed E-state index contributed by atoms with van der Waals surface area (Å²) in [7, 11) is 0. The highest BCUT2D eigenvalue weighted by Gasteiger charge is 2.12. The molecule has 0 aliphatic rings. The van der Waals surface area contributed by atoms with Crippen molar-refractivity contribution in [2.75, 3.05) is 0 Å². The summed E-state index contributed by atoms with van der Waals surface area (Å²) in [5, 5.41) is 3.98. The molecule has 4 aromatic rings. The number of hydrogen-bond acceptors (Lipinski definition) is 3. The van der Waals surface area contributed by atoms with Crippen LogP contribution in [0.1, 0.15) is 18.5 Å². The standard InChI is InChI=1S/C19H15N2OS/c1-11(20)12-5-7-13(8-6-12)14-3-2-4-16-17(14)15-9-10-23-18(15)19(22)21-16/h2,4-11H,20H2,1H3,(H,21,22). The Bertz CT molecular complexity index is 1060. The van der Waals surface area contributed by atoms with Gasteiger partial charge in [-0.2, -0.15) is 0 Å². The molecule has 0 amide bonds. The lowest BCUT2D eigenvalue weighted by Gasteiger charge is -2.10. The molecule has 0 aliphatic carbocycles. The van der Waals surface area contributed by atoms with E-state index in [-0.39, 0.29) is 11.6 Å². The second-order valence-electron chi connectivity index (χ2n) is 5.67. The molecule has 0 saturated heterocycles. The Morgan fingerprint density at radius 3 is 2.70 bits per heavy atom. The van der Waals surface area contributed by atoms with Crippen molar-refractivity contribution in [3.8, 4) is 11.1 Å². The van der Waals surface area contributed by atoms with Crippen LogP contribution in [0, 0.1) is 6.07 Å². The van der Waals surface area contributed by atoms with Crippen LogP contribution < -0.4 is 11.3 Å². The number of nitrogens with one attached hydrogen (secondary N) is 1. The van der Waals surface area contributed by atoms with Gasteiger partial charge < -0.3 is 10.7 Å². The number of rotatable bonds is 2. The van der Waals surface area contributed by atoms with E-state index in [4.69, 9.17) is 5.73 Å². The average molecular weight is 319 g/mol. The SMILES string of the molecule is CC(N)c1ccc(-c2[c]ccc3[nH]c(=O)c4sccc4c23)cc1. The molecule has 1 unspecified atom stereocenters. The largest absolute Gasteiger partial charge is 0.324 e. The highest BCUT2D eigenvalue weighted by Crippen LogP contribution is 2.33. The molecule has 2 heterocycles. The van der Waals surface area contributed by atoms with Crippen molar-refractivity contribution in [3.05, 3.63) is 69.8 Å². The van der Waals surface area contributed by atoms with E-state index in [2.05, 4.69) is 23.2 Å². The summed E-state index contributed by atoms with van der Waals surface area (Å²) in [5.74, 6) is 0. The summed E-state index contributed by atoms with van der Waals surface area (Å²) in [6.45, 7) is 1.97. The molecule has 0 saturated carbocycles. The predicted molar refractivity (Wildman–Crippen MR) is 96.8 cm³/mol. The van der Waals surface area contributed by atoms with E-state index >= 15 is 0 Å². The summed E-state index contributed by atoms with van der Waals surface area (Å²) >= 11 is 1.46. The molecule has 0 aliphatic heterocycles. The van der Waals surface area contributed by atoms with Crippen molar-refractivity contribution in [2.45, 2.75) is 13.0 Å². The number of thiophene rings is 1. The fraction of sp³-hybridized carbons (Fsp3) is 0.105. The van der Waals surface area contributed by atoms with Crippen molar-refractivity contribution >= 4 is 32.3 Å². The van der Waals surface area contributed by atoms with Gasteiger partial charge in [0, 0.05) is 22.3 Å². The van der Waals surface area contributed by atoms with Gasteiger partial charge in [-0.1, -0.05) is 30.3 Å². The van der Waals surface area contributed by atoms with Crippen LogP contribution in [0.3, 0.4) is 0 Å². The van der Waals surface area contributed by atoms with Crippen LogP contribution in [-0.2, 0) is 0 Å². The van der Waals surface area contributed by atoms with Crippen molar-refractivity contribution in [3.63, 3.8) is 0 Å². The molecule has 2 aromatic carbocycles.